The maximum absolute atomic E-state index is 12.5. The minimum absolute atomic E-state index is 0.0674. The highest BCUT2D eigenvalue weighted by molar-refractivity contribution is 7.15. The van der Waals surface area contributed by atoms with Gasteiger partial charge in [-0.2, -0.15) is 0 Å². The van der Waals surface area contributed by atoms with Crippen molar-refractivity contribution in [1.82, 2.24) is 14.9 Å². The lowest BCUT2D eigenvalue weighted by Crippen LogP contribution is -2.35. The van der Waals surface area contributed by atoms with E-state index in [1.54, 1.807) is 0 Å². The summed E-state index contributed by atoms with van der Waals surface area (Å²) in [5, 5.41) is 0. The molecule has 132 valence electrons. The molecule has 2 aliphatic rings. The topological polar surface area (TPSA) is 49.0 Å². The SMILES string of the molecule is O=c1[nH]c(C2CC2)nc2c1CN(Cc1ccc(-c3ccccc3)s1)CC2. The summed E-state index contributed by atoms with van der Waals surface area (Å²) >= 11 is 1.84. The van der Waals surface area contributed by atoms with E-state index in [0.29, 0.717) is 12.5 Å². The van der Waals surface area contributed by atoms with E-state index in [9.17, 15) is 4.79 Å². The first-order valence-electron chi connectivity index (χ1n) is 9.25. The predicted molar refractivity (Wildman–Crippen MR) is 104 cm³/mol. The van der Waals surface area contributed by atoms with Gasteiger partial charge < -0.3 is 4.98 Å². The lowest BCUT2D eigenvalue weighted by Gasteiger charge is -2.27. The molecule has 2 aromatic heterocycles. The lowest BCUT2D eigenvalue weighted by molar-refractivity contribution is 0.243. The Labute approximate surface area is 156 Å². The summed E-state index contributed by atoms with van der Waals surface area (Å²) in [7, 11) is 0. The van der Waals surface area contributed by atoms with Crippen LogP contribution in [0.3, 0.4) is 0 Å². The van der Waals surface area contributed by atoms with Gasteiger partial charge in [-0.15, -0.1) is 11.3 Å². The number of hydrogen-bond donors (Lipinski definition) is 1. The minimum atomic E-state index is 0.0674. The molecular weight excluding hydrogens is 342 g/mol. The van der Waals surface area contributed by atoms with Crippen LogP contribution >= 0.6 is 11.3 Å². The van der Waals surface area contributed by atoms with E-state index in [-0.39, 0.29) is 5.56 Å². The summed E-state index contributed by atoms with van der Waals surface area (Å²) < 4.78 is 0. The second-order valence-corrected chi connectivity index (χ2v) is 8.41. The Bertz CT molecular complexity index is 988. The van der Waals surface area contributed by atoms with Gasteiger partial charge in [0.25, 0.3) is 5.56 Å². The molecule has 0 spiro atoms. The van der Waals surface area contributed by atoms with Crippen LogP contribution in [-0.4, -0.2) is 21.4 Å². The molecule has 3 heterocycles. The van der Waals surface area contributed by atoms with E-state index in [0.717, 1.165) is 49.4 Å². The van der Waals surface area contributed by atoms with Crippen molar-refractivity contribution in [2.45, 2.75) is 38.3 Å². The third kappa shape index (κ3) is 3.13. The summed E-state index contributed by atoms with van der Waals surface area (Å²) in [6.07, 6.45) is 3.20. The largest absolute Gasteiger partial charge is 0.310 e. The zero-order valence-corrected chi connectivity index (χ0v) is 15.4. The van der Waals surface area contributed by atoms with Crippen molar-refractivity contribution in [1.29, 1.82) is 0 Å². The van der Waals surface area contributed by atoms with Gasteiger partial charge in [-0.05, 0) is 30.5 Å². The number of nitrogens with zero attached hydrogens (tertiary/aromatic N) is 2. The zero-order valence-electron chi connectivity index (χ0n) is 14.6. The average Bonchev–Trinajstić information content (AvgIpc) is 3.42. The van der Waals surface area contributed by atoms with Crippen LogP contribution in [0.4, 0.5) is 0 Å². The third-order valence-electron chi connectivity index (χ3n) is 5.23. The van der Waals surface area contributed by atoms with Crippen molar-refractivity contribution in [2.75, 3.05) is 6.54 Å². The number of hydrogen-bond acceptors (Lipinski definition) is 4. The van der Waals surface area contributed by atoms with Crippen molar-refractivity contribution >= 4 is 11.3 Å². The highest BCUT2D eigenvalue weighted by Crippen LogP contribution is 2.38. The Morgan fingerprint density at radius 3 is 2.81 bits per heavy atom. The molecule has 1 fully saturated rings. The van der Waals surface area contributed by atoms with Crippen LogP contribution in [-0.2, 0) is 19.5 Å². The van der Waals surface area contributed by atoms with Gasteiger partial charge in [-0.3, -0.25) is 9.69 Å². The van der Waals surface area contributed by atoms with E-state index in [4.69, 9.17) is 4.98 Å². The molecule has 0 unspecified atom stereocenters. The van der Waals surface area contributed by atoms with Gasteiger partial charge in [-0.1, -0.05) is 30.3 Å². The molecule has 1 aromatic carbocycles. The summed E-state index contributed by atoms with van der Waals surface area (Å²) in [6, 6.07) is 14.9. The highest BCUT2D eigenvalue weighted by atomic mass is 32.1. The van der Waals surface area contributed by atoms with E-state index in [1.807, 2.05) is 17.4 Å². The number of aromatic nitrogens is 2. The summed E-state index contributed by atoms with van der Waals surface area (Å²) in [5.41, 5.74) is 3.21. The van der Waals surface area contributed by atoms with E-state index in [2.05, 4.69) is 46.3 Å². The van der Waals surface area contributed by atoms with Gasteiger partial charge in [0.2, 0.25) is 0 Å². The van der Waals surface area contributed by atoms with Crippen molar-refractivity contribution in [3.05, 3.63) is 74.8 Å². The summed E-state index contributed by atoms with van der Waals surface area (Å²) in [4.78, 5) is 25.2. The van der Waals surface area contributed by atoms with E-state index < -0.39 is 0 Å². The van der Waals surface area contributed by atoms with Gasteiger partial charge in [0.05, 0.1) is 11.3 Å². The van der Waals surface area contributed by atoms with E-state index in [1.165, 1.54) is 15.3 Å². The first-order valence-corrected chi connectivity index (χ1v) is 10.1. The first kappa shape index (κ1) is 16.0. The number of aromatic amines is 1. The Balaban J connectivity index is 1.32. The maximum atomic E-state index is 12.5. The quantitative estimate of drug-likeness (QED) is 0.764. The van der Waals surface area contributed by atoms with Gasteiger partial charge in [0.15, 0.2) is 0 Å². The van der Waals surface area contributed by atoms with Crippen LogP contribution in [0.1, 0.15) is 40.7 Å². The zero-order chi connectivity index (χ0) is 17.5. The minimum Gasteiger partial charge on any atom is -0.310 e. The summed E-state index contributed by atoms with van der Waals surface area (Å²) in [5.74, 6) is 1.40. The van der Waals surface area contributed by atoms with Crippen molar-refractivity contribution in [2.24, 2.45) is 0 Å². The normalized spacial score (nSPS) is 17.2. The second-order valence-electron chi connectivity index (χ2n) is 7.24. The molecule has 26 heavy (non-hydrogen) atoms. The first-order chi connectivity index (χ1) is 12.8. The third-order valence-corrected chi connectivity index (χ3v) is 6.35. The fourth-order valence-electron chi connectivity index (χ4n) is 3.63. The highest BCUT2D eigenvalue weighted by Gasteiger charge is 2.29. The van der Waals surface area contributed by atoms with Crippen molar-refractivity contribution in [3.8, 4) is 10.4 Å². The molecule has 1 aliphatic heterocycles. The molecule has 0 radical (unpaired) electrons. The second kappa shape index (κ2) is 6.49. The standard InChI is InChI=1S/C21H21N3OS/c25-21-17-13-24(11-10-18(17)22-20(23-21)15-6-7-15)12-16-8-9-19(26-16)14-4-2-1-3-5-14/h1-5,8-9,15H,6-7,10-13H2,(H,22,23,25). The fraction of sp³-hybridized carbons (Fsp3) is 0.333. The molecule has 5 heteroatoms. The molecule has 3 aromatic rings. The summed E-state index contributed by atoms with van der Waals surface area (Å²) in [6.45, 7) is 2.55. The Kier molecular flexibility index (Phi) is 3.98. The number of rotatable bonds is 4. The number of H-pyrrole nitrogens is 1. The molecule has 1 aliphatic carbocycles. The van der Waals surface area contributed by atoms with Crippen LogP contribution in [0.2, 0.25) is 0 Å². The maximum Gasteiger partial charge on any atom is 0.255 e. The molecule has 0 amide bonds. The molecule has 0 atom stereocenters. The number of thiophene rings is 1. The number of fused-ring (bicyclic) bond motifs is 1. The van der Waals surface area contributed by atoms with Crippen molar-refractivity contribution in [3.63, 3.8) is 0 Å². The molecule has 1 saturated carbocycles. The molecule has 0 saturated heterocycles. The van der Waals surface area contributed by atoms with Crippen LogP contribution in [0.15, 0.2) is 47.3 Å². The van der Waals surface area contributed by atoms with Crippen LogP contribution in [0.5, 0.6) is 0 Å². The molecular formula is C21H21N3OS. The number of benzene rings is 1. The molecule has 1 N–H and O–H groups in total. The van der Waals surface area contributed by atoms with Gasteiger partial charge in [-0.25, -0.2) is 4.98 Å². The van der Waals surface area contributed by atoms with Crippen LogP contribution in [0.25, 0.3) is 10.4 Å². The van der Waals surface area contributed by atoms with Crippen LogP contribution in [0, 0.1) is 0 Å². The smallest absolute Gasteiger partial charge is 0.255 e. The lowest BCUT2D eigenvalue weighted by atomic mass is 10.1. The van der Waals surface area contributed by atoms with Gasteiger partial charge in [0.1, 0.15) is 5.82 Å². The van der Waals surface area contributed by atoms with Gasteiger partial charge >= 0.3 is 0 Å². The Hall–Kier alpha value is -2.24. The molecule has 0 bridgehead atoms. The molecule has 4 nitrogen and oxygen atoms in total. The monoisotopic (exact) mass is 363 g/mol. The average molecular weight is 363 g/mol. The van der Waals surface area contributed by atoms with Gasteiger partial charge in [0, 0.05) is 41.7 Å². The van der Waals surface area contributed by atoms with Crippen LogP contribution < -0.4 is 5.56 Å². The van der Waals surface area contributed by atoms with E-state index >= 15 is 0 Å². The number of nitrogens with one attached hydrogen (secondary N) is 1. The Morgan fingerprint density at radius 2 is 2.00 bits per heavy atom. The molecule has 5 rings (SSSR count). The van der Waals surface area contributed by atoms with Crippen molar-refractivity contribution < 1.29 is 0 Å². The predicted octanol–water partition coefficient (Wildman–Crippen LogP) is 3.93. The fourth-order valence-corrected chi connectivity index (χ4v) is 4.68. The Morgan fingerprint density at radius 1 is 1.15 bits per heavy atom.